The van der Waals surface area contributed by atoms with Gasteiger partial charge in [-0.1, -0.05) is 36.7 Å². The largest absolute Gasteiger partial charge is 0.306 e. The fourth-order valence-corrected chi connectivity index (χ4v) is 1.44. The molecule has 1 aromatic rings. The summed E-state index contributed by atoms with van der Waals surface area (Å²) in [5.41, 5.74) is 1.41. The van der Waals surface area contributed by atoms with Crippen LogP contribution < -0.4 is 0 Å². The first-order valence-corrected chi connectivity index (χ1v) is 5.25. The van der Waals surface area contributed by atoms with Gasteiger partial charge in [-0.2, -0.15) is 0 Å². The van der Waals surface area contributed by atoms with Crippen LogP contribution in [0.4, 0.5) is 0 Å². The summed E-state index contributed by atoms with van der Waals surface area (Å²) < 4.78 is 0. The third kappa shape index (κ3) is 4.47. The Morgan fingerprint density at radius 1 is 1.14 bits per heavy atom. The minimum absolute atomic E-state index is 0.787. The Balaban J connectivity index is 2.20. The number of rotatable bonds is 6. The molecule has 1 aromatic carbocycles. The average molecular weight is 187 g/mol. The Bertz CT molecular complexity index is 235. The Morgan fingerprint density at radius 2 is 1.86 bits per heavy atom. The van der Waals surface area contributed by atoms with E-state index in [1.54, 1.807) is 0 Å². The van der Waals surface area contributed by atoms with Gasteiger partial charge >= 0.3 is 0 Å². The lowest BCUT2D eigenvalue weighted by Gasteiger charge is -2.15. The van der Waals surface area contributed by atoms with Crippen LogP contribution in [-0.2, 0) is 6.42 Å². The molecule has 0 atom stereocenters. The minimum Gasteiger partial charge on any atom is -0.306 e. The van der Waals surface area contributed by atoms with Crippen molar-refractivity contribution in [3.05, 3.63) is 35.9 Å². The monoisotopic (exact) mass is 187 g/mol. The number of hydrogen-bond donors (Lipinski definition) is 0. The van der Waals surface area contributed by atoms with E-state index in [1.807, 2.05) is 0 Å². The number of nitrogens with zero attached hydrogens (tertiary/aromatic N) is 1. The molecular weight excluding hydrogens is 169 g/mol. The van der Waals surface area contributed by atoms with Gasteiger partial charge in [0.1, 0.15) is 0 Å². The molecule has 0 unspecified atom stereocenters. The summed E-state index contributed by atoms with van der Waals surface area (Å²) in [5.74, 6) is 0. The number of likely N-dealkylation sites (N-methyl/N-ethyl adjacent to an activating group) is 1. The summed E-state index contributed by atoms with van der Waals surface area (Å²) in [7, 11) is 7.61. The van der Waals surface area contributed by atoms with E-state index < -0.39 is 0 Å². The molecule has 0 aliphatic carbocycles. The van der Waals surface area contributed by atoms with E-state index in [4.69, 9.17) is 7.85 Å². The van der Waals surface area contributed by atoms with Crippen LogP contribution >= 0.6 is 0 Å². The second kappa shape index (κ2) is 6.66. The first-order valence-electron chi connectivity index (χ1n) is 5.25. The van der Waals surface area contributed by atoms with Crippen LogP contribution in [0.3, 0.4) is 0 Å². The van der Waals surface area contributed by atoms with Crippen molar-refractivity contribution < 1.29 is 0 Å². The number of benzene rings is 1. The predicted molar refractivity (Wildman–Crippen MR) is 62.8 cm³/mol. The molecule has 2 radical (unpaired) electrons. The van der Waals surface area contributed by atoms with E-state index in [1.165, 1.54) is 5.56 Å². The van der Waals surface area contributed by atoms with Crippen LogP contribution in [0, 0.1) is 0 Å². The molecule has 0 aliphatic heterocycles. The Kier molecular flexibility index (Phi) is 5.39. The van der Waals surface area contributed by atoms with Gasteiger partial charge in [0.2, 0.25) is 0 Å². The van der Waals surface area contributed by atoms with Crippen molar-refractivity contribution >= 4 is 7.85 Å². The molecule has 2 heteroatoms. The predicted octanol–water partition coefficient (Wildman–Crippen LogP) is 2.14. The lowest BCUT2D eigenvalue weighted by molar-refractivity contribution is 0.339. The van der Waals surface area contributed by atoms with E-state index >= 15 is 0 Å². The van der Waals surface area contributed by atoms with Crippen molar-refractivity contribution in [1.29, 1.82) is 0 Å². The van der Waals surface area contributed by atoms with E-state index in [0.29, 0.717) is 0 Å². The maximum absolute atomic E-state index is 5.46. The molecule has 0 saturated carbocycles. The summed E-state index contributed by atoms with van der Waals surface area (Å²) >= 11 is 0. The summed E-state index contributed by atoms with van der Waals surface area (Å²) in [6, 6.07) is 10.6. The zero-order valence-electron chi connectivity index (χ0n) is 8.95. The van der Waals surface area contributed by atoms with E-state index in [9.17, 15) is 0 Å². The zero-order valence-corrected chi connectivity index (χ0v) is 8.95. The molecule has 0 fully saturated rings. The molecule has 0 N–H and O–H groups in total. The smallest absolute Gasteiger partial charge is 0.0653 e. The van der Waals surface area contributed by atoms with Gasteiger partial charge in [0, 0.05) is 6.54 Å². The Morgan fingerprint density at radius 3 is 2.50 bits per heavy atom. The average Bonchev–Trinajstić information content (AvgIpc) is 2.25. The second-order valence-corrected chi connectivity index (χ2v) is 3.68. The SMILES string of the molecule is [B]CCCN(C)CCc1ccccc1. The van der Waals surface area contributed by atoms with Crippen molar-refractivity contribution in [2.45, 2.75) is 19.2 Å². The van der Waals surface area contributed by atoms with Crippen molar-refractivity contribution in [2.24, 2.45) is 0 Å². The maximum Gasteiger partial charge on any atom is 0.0653 e. The first-order chi connectivity index (χ1) is 6.83. The Labute approximate surface area is 88.5 Å². The molecule has 0 heterocycles. The molecule has 0 aromatic heterocycles. The van der Waals surface area contributed by atoms with Crippen molar-refractivity contribution in [3.8, 4) is 0 Å². The fourth-order valence-electron chi connectivity index (χ4n) is 1.44. The van der Waals surface area contributed by atoms with Gasteiger partial charge in [-0.15, -0.1) is 0 Å². The Hall–Kier alpha value is -0.755. The lowest BCUT2D eigenvalue weighted by Crippen LogP contribution is -2.22. The number of hydrogen-bond acceptors (Lipinski definition) is 1. The van der Waals surface area contributed by atoms with E-state index in [-0.39, 0.29) is 0 Å². The van der Waals surface area contributed by atoms with Gasteiger partial charge in [0.25, 0.3) is 0 Å². The van der Waals surface area contributed by atoms with Gasteiger partial charge in [0.15, 0.2) is 0 Å². The maximum atomic E-state index is 5.46. The van der Waals surface area contributed by atoms with Crippen LogP contribution in [-0.4, -0.2) is 32.9 Å². The van der Waals surface area contributed by atoms with Crippen molar-refractivity contribution in [1.82, 2.24) is 4.90 Å². The molecule has 0 saturated heterocycles. The molecule has 0 amide bonds. The van der Waals surface area contributed by atoms with Crippen LogP contribution in [0.15, 0.2) is 30.3 Å². The van der Waals surface area contributed by atoms with Crippen molar-refractivity contribution in [3.63, 3.8) is 0 Å². The van der Waals surface area contributed by atoms with Gasteiger partial charge < -0.3 is 4.90 Å². The van der Waals surface area contributed by atoms with E-state index in [0.717, 1.165) is 32.3 Å². The highest BCUT2D eigenvalue weighted by Crippen LogP contribution is 2.01. The molecule has 0 spiro atoms. The zero-order chi connectivity index (χ0) is 10.2. The molecule has 74 valence electrons. The summed E-state index contributed by atoms with van der Waals surface area (Å²) in [6.07, 6.45) is 3.00. The van der Waals surface area contributed by atoms with Gasteiger partial charge in [-0.3, -0.25) is 0 Å². The van der Waals surface area contributed by atoms with Crippen LogP contribution in [0.2, 0.25) is 6.32 Å². The molecule has 14 heavy (non-hydrogen) atoms. The molecule has 1 nitrogen and oxygen atoms in total. The summed E-state index contributed by atoms with van der Waals surface area (Å²) in [4.78, 5) is 2.33. The third-order valence-electron chi connectivity index (χ3n) is 2.37. The third-order valence-corrected chi connectivity index (χ3v) is 2.37. The fraction of sp³-hybridized carbons (Fsp3) is 0.500. The van der Waals surface area contributed by atoms with Gasteiger partial charge in [0.05, 0.1) is 7.85 Å². The summed E-state index contributed by atoms with van der Waals surface area (Å²) in [5, 5.41) is 0. The molecule has 0 aliphatic rings. The highest BCUT2D eigenvalue weighted by atomic mass is 15.1. The quantitative estimate of drug-likeness (QED) is 0.616. The minimum atomic E-state index is 0.787. The standard InChI is InChI=1S/C12H18BN/c1-14(10-5-9-13)11-8-12-6-3-2-4-7-12/h2-4,6-7H,5,8-11H2,1H3. The summed E-state index contributed by atoms with van der Waals surface area (Å²) in [6.45, 7) is 2.22. The van der Waals surface area contributed by atoms with Gasteiger partial charge in [-0.05, 0) is 32.0 Å². The topological polar surface area (TPSA) is 3.24 Å². The second-order valence-electron chi connectivity index (χ2n) is 3.68. The lowest BCUT2D eigenvalue weighted by atomic mass is 10.0. The van der Waals surface area contributed by atoms with Crippen LogP contribution in [0.25, 0.3) is 0 Å². The van der Waals surface area contributed by atoms with Crippen LogP contribution in [0.1, 0.15) is 12.0 Å². The molecular formula is C12H18BN. The first kappa shape index (κ1) is 11.3. The normalized spacial score (nSPS) is 10.7. The highest BCUT2D eigenvalue weighted by molar-refractivity contribution is 6.08. The van der Waals surface area contributed by atoms with Crippen molar-refractivity contribution in [2.75, 3.05) is 20.1 Å². The van der Waals surface area contributed by atoms with Crippen LogP contribution in [0.5, 0.6) is 0 Å². The van der Waals surface area contributed by atoms with Gasteiger partial charge in [-0.25, -0.2) is 0 Å². The molecule has 1 rings (SSSR count). The molecule has 0 bridgehead atoms. The van der Waals surface area contributed by atoms with E-state index in [2.05, 4.69) is 42.3 Å². The highest BCUT2D eigenvalue weighted by Gasteiger charge is 1.97.